The Labute approximate surface area is 103 Å². The van der Waals surface area contributed by atoms with Crippen molar-refractivity contribution in [2.45, 2.75) is 63.6 Å². The molecule has 2 saturated heterocycles. The lowest BCUT2D eigenvalue weighted by Crippen LogP contribution is -2.49. The van der Waals surface area contributed by atoms with E-state index in [-0.39, 0.29) is 0 Å². The molecule has 0 aromatic carbocycles. The van der Waals surface area contributed by atoms with E-state index in [0.29, 0.717) is 31.0 Å². The zero-order valence-corrected chi connectivity index (χ0v) is 10.7. The number of hydrogen-bond acceptors (Lipinski definition) is 3. The third-order valence-electron chi connectivity index (χ3n) is 4.01. The minimum atomic E-state index is -0.676. The Balaban J connectivity index is 1.96. The molecule has 2 N–H and O–H groups in total. The standard InChI is InChI=1S/C13H23NO3/c1-13(2,17)8-14-10-3-4-11(14)6-9(5-10)7-12(15)16/h9-11,17H,3-8H2,1-2H3,(H,15,16). The van der Waals surface area contributed by atoms with Crippen LogP contribution in [0.15, 0.2) is 0 Å². The minimum absolute atomic E-state index is 0.309. The number of hydrogen-bond donors (Lipinski definition) is 2. The summed E-state index contributed by atoms with van der Waals surface area (Å²) in [5, 5.41) is 18.8. The van der Waals surface area contributed by atoms with Crippen molar-refractivity contribution in [1.29, 1.82) is 0 Å². The van der Waals surface area contributed by atoms with Gasteiger partial charge in [-0.3, -0.25) is 9.69 Å². The van der Waals surface area contributed by atoms with E-state index >= 15 is 0 Å². The van der Waals surface area contributed by atoms with Gasteiger partial charge in [-0.1, -0.05) is 0 Å². The Kier molecular flexibility index (Phi) is 3.46. The third-order valence-corrected chi connectivity index (χ3v) is 4.01. The predicted octanol–water partition coefficient (Wildman–Crippen LogP) is 1.47. The van der Waals surface area contributed by atoms with Gasteiger partial charge in [0.15, 0.2) is 0 Å². The first kappa shape index (κ1) is 12.8. The predicted molar refractivity (Wildman–Crippen MR) is 64.8 cm³/mol. The first-order valence-electron chi connectivity index (χ1n) is 6.55. The van der Waals surface area contributed by atoms with Crippen molar-refractivity contribution in [2.75, 3.05) is 6.54 Å². The second-order valence-electron chi connectivity index (χ2n) is 6.31. The molecule has 4 heteroatoms. The summed E-state index contributed by atoms with van der Waals surface area (Å²) in [5.41, 5.74) is -0.652. The van der Waals surface area contributed by atoms with Crippen LogP contribution in [0.3, 0.4) is 0 Å². The number of carbonyl (C=O) groups is 1. The van der Waals surface area contributed by atoms with Gasteiger partial charge in [0.05, 0.1) is 5.60 Å². The molecule has 0 amide bonds. The fraction of sp³-hybridized carbons (Fsp3) is 0.923. The van der Waals surface area contributed by atoms with E-state index in [1.807, 2.05) is 13.8 Å². The lowest BCUT2D eigenvalue weighted by atomic mass is 9.87. The molecule has 0 spiro atoms. The van der Waals surface area contributed by atoms with E-state index < -0.39 is 11.6 Å². The number of carboxylic acid groups (broad SMARTS) is 1. The summed E-state index contributed by atoms with van der Waals surface area (Å²) in [7, 11) is 0. The highest BCUT2D eigenvalue weighted by atomic mass is 16.4. The van der Waals surface area contributed by atoms with Crippen LogP contribution in [0, 0.1) is 5.92 Å². The molecular weight excluding hydrogens is 218 g/mol. The smallest absolute Gasteiger partial charge is 0.303 e. The average molecular weight is 241 g/mol. The average Bonchev–Trinajstić information content (AvgIpc) is 2.42. The molecule has 2 aliphatic heterocycles. The fourth-order valence-electron chi connectivity index (χ4n) is 3.51. The van der Waals surface area contributed by atoms with Crippen LogP contribution in [-0.4, -0.2) is 45.3 Å². The van der Waals surface area contributed by atoms with Crippen LogP contribution >= 0.6 is 0 Å². The molecule has 0 aliphatic carbocycles. The van der Waals surface area contributed by atoms with Gasteiger partial charge in [0.25, 0.3) is 0 Å². The molecule has 2 rings (SSSR count). The molecule has 2 unspecified atom stereocenters. The number of aliphatic hydroxyl groups is 1. The summed E-state index contributed by atoms with van der Waals surface area (Å²) in [6.07, 6.45) is 4.61. The zero-order valence-electron chi connectivity index (χ0n) is 10.7. The van der Waals surface area contributed by atoms with Gasteiger partial charge < -0.3 is 10.2 Å². The highest BCUT2D eigenvalue weighted by Crippen LogP contribution is 2.40. The van der Waals surface area contributed by atoms with Gasteiger partial charge in [-0.25, -0.2) is 0 Å². The molecule has 0 radical (unpaired) electrons. The molecule has 2 atom stereocenters. The van der Waals surface area contributed by atoms with E-state index in [1.54, 1.807) is 0 Å². The van der Waals surface area contributed by atoms with Crippen molar-refractivity contribution in [3.05, 3.63) is 0 Å². The van der Waals surface area contributed by atoms with E-state index in [2.05, 4.69) is 4.90 Å². The summed E-state index contributed by atoms with van der Waals surface area (Å²) in [4.78, 5) is 13.2. The van der Waals surface area contributed by atoms with Gasteiger partial charge in [-0.2, -0.15) is 0 Å². The molecule has 2 aliphatic rings. The van der Waals surface area contributed by atoms with Crippen LogP contribution in [0.1, 0.15) is 46.0 Å². The maximum atomic E-state index is 10.8. The van der Waals surface area contributed by atoms with Crippen LogP contribution in [0.25, 0.3) is 0 Å². The van der Waals surface area contributed by atoms with Crippen LogP contribution in [0.5, 0.6) is 0 Å². The fourth-order valence-corrected chi connectivity index (χ4v) is 3.51. The van der Waals surface area contributed by atoms with E-state index in [4.69, 9.17) is 5.11 Å². The SMILES string of the molecule is CC(C)(O)CN1C2CCC1CC(CC(=O)O)C2. The molecular formula is C13H23NO3. The van der Waals surface area contributed by atoms with Gasteiger partial charge in [0, 0.05) is 25.0 Å². The maximum Gasteiger partial charge on any atom is 0.303 e. The number of fused-ring (bicyclic) bond motifs is 2. The number of nitrogens with zero attached hydrogens (tertiary/aromatic N) is 1. The van der Waals surface area contributed by atoms with Crippen LogP contribution in [0.4, 0.5) is 0 Å². The maximum absolute atomic E-state index is 10.8. The molecule has 4 nitrogen and oxygen atoms in total. The molecule has 0 saturated carbocycles. The summed E-state index contributed by atoms with van der Waals surface area (Å²) in [6, 6.07) is 0.981. The normalized spacial score (nSPS) is 33.9. The summed E-state index contributed by atoms with van der Waals surface area (Å²) >= 11 is 0. The van der Waals surface area contributed by atoms with Gasteiger partial charge >= 0.3 is 5.97 Å². The van der Waals surface area contributed by atoms with Crippen molar-refractivity contribution >= 4 is 5.97 Å². The number of piperidine rings is 1. The lowest BCUT2D eigenvalue weighted by molar-refractivity contribution is -0.138. The van der Waals surface area contributed by atoms with E-state index in [9.17, 15) is 9.90 Å². The lowest BCUT2D eigenvalue weighted by Gasteiger charge is -2.41. The molecule has 0 aromatic rings. The van der Waals surface area contributed by atoms with Gasteiger partial charge in [0.2, 0.25) is 0 Å². The Morgan fingerprint density at radius 1 is 1.29 bits per heavy atom. The van der Waals surface area contributed by atoms with Crippen molar-refractivity contribution in [3.8, 4) is 0 Å². The first-order valence-corrected chi connectivity index (χ1v) is 6.55. The molecule has 0 aromatic heterocycles. The van der Waals surface area contributed by atoms with Crippen LogP contribution < -0.4 is 0 Å². The highest BCUT2D eigenvalue weighted by molar-refractivity contribution is 5.67. The van der Waals surface area contributed by atoms with E-state index in [0.717, 1.165) is 25.7 Å². The third kappa shape index (κ3) is 3.19. The summed E-state index contributed by atoms with van der Waals surface area (Å²) in [5.74, 6) is -0.339. The Bertz CT molecular complexity index is 284. The quantitative estimate of drug-likeness (QED) is 0.782. The van der Waals surface area contributed by atoms with Crippen LogP contribution in [0.2, 0.25) is 0 Å². The van der Waals surface area contributed by atoms with Gasteiger partial charge in [-0.15, -0.1) is 0 Å². The second kappa shape index (κ2) is 4.58. The summed E-state index contributed by atoms with van der Waals surface area (Å²) in [6.45, 7) is 4.40. The zero-order chi connectivity index (χ0) is 12.6. The van der Waals surface area contributed by atoms with E-state index in [1.165, 1.54) is 0 Å². The van der Waals surface area contributed by atoms with Crippen LogP contribution in [-0.2, 0) is 4.79 Å². The number of rotatable bonds is 4. The minimum Gasteiger partial charge on any atom is -0.481 e. The first-order chi connectivity index (χ1) is 7.85. The second-order valence-corrected chi connectivity index (χ2v) is 6.31. The molecule has 2 fully saturated rings. The molecule has 17 heavy (non-hydrogen) atoms. The monoisotopic (exact) mass is 241 g/mol. The molecule has 2 heterocycles. The highest BCUT2D eigenvalue weighted by Gasteiger charge is 2.42. The van der Waals surface area contributed by atoms with Crippen molar-refractivity contribution < 1.29 is 15.0 Å². The number of carboxylic acids is 1. The number of aliphatic carboxylic acids is 1. The molecule has 2 bridgehead atoms. The Hall–Kier alpha value is -0.610. The van der Waals surface area contributed by atoms with Gasteiger partial charge in [0.1, 0.15) is 0 Å². The topological polar surface area (TPSA) is 60.8 Å². The largest absolute Gasteiger partial charge is 0.481 e. The Morgan fingerprint density at radius 2 is 1.82 bits per heavy atom. The summed E-state index contributed by atoms with van der Waals surface area (Å²) < 4.78 is 0. The van der Waals surface area contributed by atoms with Crippen molar-refractivity contribution in [3.63, 3.8) is 0 Å². The van der Waals surface area contributed by atoms with Gasteiger partial charge in [-0.05, 0) is 45.4 Å². The molecule has 98 valence electrons. The van der Waals surface area contributed by atoms with Crippen molar-refractivity contribution in [1.82, 2.24) is 4.90 Å². The van der Waals surface area contributed by atoms with Crippen molar-refractivity contribution in [2.24, 2.45) is 5.92 Å². The Morgan fingerprint density at radius 3 is 2.24 bits per heavy atom.